The Kier molecular flexibility index (Phi) is 5.09. The van der Waals surface area contributed by atoms with Crippen LogP contribution in [0.3, 0.4) is 0 Å². The van der Waals surface area contributed by atoms with E-state index in [1.807, 2.05) is 24.1 Å². The van der Waals surface area contributed by atoms with Gasteiger partial charge in [-0.15, -0.1) is 11.3 Å². The lowest BCUT2D eigenvalue weighted by atomic mass is 10.1. The van der Waals surface area contributed by atoms with E-state index in [1.165, 1.54) is 12.8 Å². The van der Waals surface area contributed by atoms with Gasteiger partial charge >= 0.3 is 0 Å². The lowest BCUT2D eigenvalue weighted by Crippen LogP contribution is -2.33. The highest BCUT2D eigenvalue weighted by Crippen LogP contribution is 2.30. The van der Waals surface area contributed by atoms with Crippen LogP contribution in [-0.2, 0) is 6.54 Å². The molecule has 5 heteroatoms. The highest BCUT2D eigenvalue weighted by atomic mass is 32.1. The number of fused-ring (bicyclic) bond motifs is 1. The van der Waals surface area contributed by atoms with E-state index in [-0.39, 0.29) is 11.5 Å². The first-order valence-electron chi connectivity index (χ1n) is 8.91. The summed E-state index contributed by atoms with van der Waals surface area (Å²) in [5, 5.41) is 0.620. The summed E-state index contributed by atoms with van der Waals surface area (Å²) in [7, 11) is 0. The molecule has 1 fully saturated rings. The van der Waals surface area contributed by atoms with Crippen molar-refractivity contribution in [1.82, 2.24) is 9.47 Å². The summed E-state index contributed by atoms with van der Waals surface area (Å²) in [6.45, 7) is 8.45. The second-order valence-corrected chi connectivity index (χ2v) is 8.40. The van der Waals surface area contributed by atoms with Crippen molar-refractivity contribution in [2.75, 3.05) is 13.1 Å². The maximum atomic E-state index is 13.1. The largest absolute Gasteiger partial charge is 0.339 e. The van der Waals surface area contributed by atoms with E-state index in [1.54, 1.807) is 15.9 Å². The Morgan fingerprint density at radius 3 is 2.50 bits per heavy atom. The quantitative estimate of drug-likeness (QED) is 0.841. The van der Waals surface area contributed by atoms with Gasteiger partial charge in [-0.25, -0.2) is 0 Å². The summed E-state index contributed by atoms with van der Waals surface area (Å²) in [6.07, 6.45) is 6.36. The first kappa shape index (κ1) is 17.2. The fraction of sp³-hybridized carbons (Fsp3) is 0.579. The van der Waals surface area contributed by atoms with Gasteiger partial charge in [-0.3, -0.25) is 9.59 Å². The minimum absolute atomic E-state index is 0.0243. The number of carbonyl (C=O) groups is 1. The van der Waals surface area contributed by atoms with Crippen LogP contribution in [0.4, 0.5) is 0 Å². The molecule has 0 spiro atoms. The zero-order valence-electron chi connectivity index (χ0n) is 14.8. The molecule has 1 saturated heterocycles. The molecule has 0 radical (unpaired) electrons. The van der Waals surface area contributed by atoms with E-state index in [4.69, 9.17) is 0 Å². The van der Waals surface area contributed by atoms with Crippen LogP contribution < -0.4 is 5.56 Å². The number of amides is 1. The number of pyridine rings is 1. The van der Waals surface area contributed by atoms with Crippen molar-refractivity contribution in [2.24, 2.45) is 5.92 Å². The zero-order valence-corrected chi connectivity index (χ0v) is 15.6. The van der Waals surface area contributed by atoms with E-state index < -0.39 is 0 Å². The van der Waals surface area contributed by atoms with E-state index in [0.717, 1.165) is 35.5 Å². The van der Waals surface area contributed by atoms with Crippen LogP contribution in [-0.4, -0.2) is 28.5 Å². The van der Waals surface area contributed by atoms with Gasteiger partial charge in [-0.1, -0.05) is 26.7 Å². The van der Waals surface area contributed by atoms with Crippen LogP contribution in [0.5, 0.6) is 0 Å². The van der Waals surface area contributed by atoms with E-state index in [9.17, 15) is 9.59 Å². The molecule has 130 valence electrons. The van der Waals surface area contributed by atoms with Gasteiger partial charge in [0.1, 0.15) is 0 Å². The lowest BCUT2D eigenvalue weighted by molar-refractivity contribution is 0.0763. The molecule has 2 aromatic rings. The number of thiophene rings is 1. The molecule has 3 heterocycles. The highest BCUT2D eigenvalue weighted by molar-refractivity contribution is 7.19. The monoisotopic (exact) mass is 346 g/mol. The van der Waals surface area contributed by atoms with Gasteiger partial charge in [0.2, 0.25) is 0 Å². The van der Waals surface area contributed by atoms with E-state index in [2.05, 4.69) is 13.8 Å². The van der Waals surface area contributed by atoms with Crippen molar-refractivity contribution in [2.45, 2.75) is 53.0 Å². The normalized spacial score (nSPS) is 15.9. The second kappa shape index (κ2) is 7.09. The first-order valence-corrected chi connectivity index (χ1v) is 9.72. The average Bonchev–Trinajstić information content (AvgIpc) is 2.72. The summed E-state index contributed by atoms with van der Waals surface area (Å²) in [4.78, 5) is 29.0. The van der Waals surface area contributed by atoms with Gasteiger partial charge in [-0.05, 0) is 31.7 Å². The number of nitrogens with zero attached hydrogens (tertiary/aromatic N) is 2. The molecular weight excluding hydrogens is 320 g/mol. The third-order valence-corrected chi connectivity index (χ3v) is 5.73. The van der Waals surface area contributed by atoms with Crippen LogP contribution in [0.25, 0.3) is 10.1 Å². The molecule has 1 aliphatic heterocycles. The molecule has 0 saturated carbocycles. The Bertz CT molecular complexity index is 796. The van der Waals surface area contributed by atoms with Gasteiger partial charge in [0.25, 0.3) is 11.5 Å². The molecule has 3 rings (SSSR count). The molecule has 24 heavy (non-hydrogen) atoms. The van der Waals surface area contributed by atoms with Crippen molar-refractivity contribution in [3.63, 3.8) is 0 Å². The number of hydrogen-bond donors (Lipinski definition) is 0. The van der Waals surface area contributed by atoms with Crippen LogP contribution in [0.1, 0.15) is 54.8 Å². The van der Waals surface area contributed by atoms with Gasteiger partial charge in [0.05, 0.1) is 10.9 Å². The molecule has 4 nitrogen and oxygen atoms in total. The van der Waals surface area contributed by atoms with Crippen LogP contribution >= 0.6 is 11.3 Å². The van der Waals surface area contributed by atoms with Gasteiger partial charge in [-0.2, -0.15) is 0 Å². The summed E-state index contributed by atoms with van der Waals surface area (Å²) < 4.78 is 2.67. The van der Waals surface area contributed by atoms with Crippen LogP contribution in [0.2, 0.25) is 0 Å². The summed E-state index contributed by atoms with van der Waals surface area (Å²) in [5.41, 5.74) is 0.615. The number of aromatic nitrogens is 1. The Labute approximate surface area is 147 Å². The molecular formula is C19H26N2O2S. The maximum absolute atomic E-state index is 13.1. The third-order valence-electron chi connectivity index (χ3n) is 4.66. The summed E-state index contributed by atoms with van der Waals surface area (Å²) in [5.74, 6) is 0.435. The Balaban J connectivity index is 2.07. The summed E-state index contributed by atoms with van der Waals surface area (Å²) in [6, 6.07) is 1.98. The second-order valence-electron chi connectivity index (χ2n) is 7.15. The predicted molar refractivity (Wildman–Crippen MR) is 100 cm³/mol. The highest BCUT2D eigenvalue weighted by Gasteiger charge is 2.25. The van der Waals surface area contributed by atoms with Crippen LogP contribution in [0, 0.1) is 12.8 Å². The standard InChI is InChI=1S/C19H26N2O2S/c1-13(2)12-21-11-8-15-17(19(21)23)16(14(3)24-15)18(22)20-9-6-4-5-7-10-20/h8,11,13H,4-7,9-10,12H2,1-3H3. The van der Waals surface area contributed by atoms with Gasteiger partial charge < -0.3 is 9.47 Å². The maximum Gasteiger partial charge on any atom is 0.260 e. The van der Waals surface area contributed by atoms with E-state index >= 15 is 0 Å². The third kappa shape index (κ3) is 3.27. The molecule has 0 N–H and O–H groups in total. The topological polar surface area (TPSA) is 42.3 Å². The molecule has 0 atom stereocenters. The smallest absolute Gasteiger partial charge is 0.260 e. The molecule has 2 aromatic heterocycles. The Morgan fingerprint density at radius 1 is 1.21 bits per heavy atom. The fourth-order valence-corrected chi connectivity index (χ4v) is 4.53. The minimum Gasteiger partial charge on any atom is -0.339 e. The predicted octanol–water partition coefficient (Wildman–Crippen LogP) is 4.04. The number of aryl methyl sites for hydroxylation is 1. The molecule has 0 aromatic carbocycles. The van der Waals surface area contributed by atoms with Crippen molar-refractivity contribution < 1.29 is 4.79 Å². The molecule has 1 amide bonds. The summed E-state index contributed by atoms with van der Waals surface area (Å²) >= 11 is 1.56. The van der Waals surface area contributed by atoms with Crippen molar-refractivity contribution >= 4 is 27.3 Å². The number of likely N-dealkylation sites (tertiary alicyclic amines) is 1. The first-order chi connectivity index (χ1) is 11.5. The minimum atomic E-state index is -0.0243. The SMILES string of the molecule is Cc1sc2ccn(CC(C)C)c(=O)c2c1C(=O)N1CCCCCC1. The Hall–Kier alpha value is -1.62. The molecule has 0 unspecified atom stereocenters. The fourth-order valence-electron chi connectivity index (χ4n) is 3.49. The molecule has 1 aliphatic rings. The zero-order chi connectivity index (χ0) is 17.3. The Morgan fingerprint density at radius 2 is 1.88 bits per heavy atom. The molecule has 0 bridgehead atoms. The lowest BCUT2D eigenvalue weighted by Gasteiger charge is -2.20. The van der Waals surface area contributed by atoms with Crippen molar-refractivity contribution in [3.05, 3.63) is 33.1 Å². The van der Waals surface area contributed by atoms with Gasteiger partial charge in [0, 0.05) is 35.4 Å². The van der Waals surface area contributed by atoms with Crippen LogP contribution in [0.15, 0.2) is 17.1 Å². The average molecular weight is 346 g/mol. The van der Waals surface area contributed by atoms with Gasteiger partial charge in [0.15, 0.2) is 0 Å². The van der Waals surface area contributed by atoms with E-state index in [0.29, 0.717) is 23.4 Å². The number of carbonyl (C=O) groups excluding carboxylic acids is 1. The van der Waals surface area contributed by atoms with Crippen molar-refractivity contribution in [1.29, 1.82) is 0 Å². The number of rotatable bonds is 3. The number of hydrogen-bond acceptors (Lipinski definition) is 3. The molecule has 0 aliphatic carbocycles. The van der Waals surface area contributed by atoms with Crippen molar-refractivity contribution in [3.8, 4) is 0 Å².